The Balaban J connectivity index is 1.66. The molecule has 0 aliphatic carbocycles. The minimum atomic E-state index is -3.66. The Morgan fingerprint density at radius 2 is 1.82 bits per heavy atom. The highest BCUT2D eigenvalue weighted by Crippen LogP contribution is 2.28. The second kappa shape index (κ2) is 9.05. The number of sulfonamides is 1. The van der Waals surface area contributed by atoms with Crippen LogP contribution in [0.25, 0.3) is 0 Å². The van der Waals surface area contributed by atoms with E-state index in [9.17, 15) is 12.8 Å². The summed E-state index contributed by atoms with van der Waals surface area (Å²) in [4.78, 5) is 2.66. The topological polar surface area (TPSA) is 49.4 Å². The predicted octanol–water partition coefficient (Wildman–Crippen LogP) is 4.76. The lowest BCUT2D eigenvalue weighted by atomic mass is 9.98. The number of alkyl halides is 1. The summed E-state index contributed by atoms with van der Waals surface area (Å²) in [5.41, 5.74) is 2.60. The molecule has 1 N–H and O–H groups in total. The molecule has 152 valence electrons. The van der Waals surface area contributed by atoms with E-state index in [-0.39, 0.29) is 10.8 Å². The molecule has 0 radical (unpaired) electrons. The molecule has 2 atom stereocenters. The van der Waals surface area contributed by atoms with Gasteiger partial charge < -0.3 is 4.90 Å². The Kier molecular flexibility index (Phi) is 6.73. The minimum absolute atomic E-state index is 0.178. The molecule has 2 aromatic rings. The van der Waals surface area contributed by atoms with Crippen molar-refractivity contribution in [2.75, 3.05) is 31.0 Å². The Hall–Kier alpha value is -1.92. The molecule has 0 spiro atoms. The first-order valence-electron chi connectivity index (χ1n) is 9.94. The molecule has 0 aromatic heterocycles. The van der Waals surface area contributed by atoms with Crippen LogP contribution in [-0.4, -0.2) is 39.6 Å². The molecule has 1 saturated heterocycles. The fraction of sp³-hybridized carbons (Fsp3) is 0.455. The van der Waals surface area contributed by atoms with Crippen molar-refractivity contribution in [3.63, 3.8) is 0 Å². The second-order valence-electron chi connectivity index (χ2n) is 7.64. The third-order valence-corrected chi connectivity index (χ3v) is 6.83. The van der Waals surface area contributed by atoms with Gasteiger partial charge in [0.1, 0.15) is 0 Å². The summed E-state index contributed by atoms with van der Waals surface area (Å²) >= 11 is 0. The number of rotatable bonds is 8. The van der Waals surface area contributed by atoms with Crippen LogP contribution in [0, 0.1) is 0 Å². The number of anilines is 1. The highest BCUT2D eigenvalue weighted by molar-refractivity contribution is 7.92. The zero-order chi connectivity index (χ0) is 20.1. The number of likely N-dealkylation sites (tertiary alicyclic amines) is 1. The maximum atomic E-state index is 12.8. The van der Waals surface area contributed by atoms with Crippen LogP contribution in [0.2, 0.25) is 0 Å². The van der Waals surface area contributed by atoms with Gasteiger partial charge >= 0.3 is 0 Å². The van der Waals surface area contributed by atoms with E-state index in [2.05, 4.69) is 16.5 Å². The average Bonchev–Trinajstić information content (AvgIpc) is 3.17. The number of halogens is 1. The van der Waals surface area contributed by atoms with Gasteiger partial charge in [-0.25, -0.2) is 8.42 Å². The molecule has 0 saturated carbocycles. The predicted molar refractivity (Wildman–Crippen MR) is 112 cm³/mol. The zero-order valence-corrected chi connectivity index (χ0v) is 17.4. The van der Waals surface area contributed by atoms with Gasteiger partial charge in [0.15, 0.2) is 0 Å². The van der Waals surface area contributed by atoms with E-state index in [1.807, 2.05) is 24.3 Å². The van der Waals surface area contributed by atoms with Crippen molar-refractivity contribution >= 4 is 15.7 Å². The third kappa shape index (κ3) is 4.92. The number of hydrogen-bond acceptors (Lipinski definition) is 3. The van der Waals surface area contributed by atoms with E-state index in [4.69, 9.17) is 0 Å². The molecule has 0 amide bonds. The lowest BCUT2D eigenvalue weighted by Crippen LogP contribution is -2.20. The summed E-state index contributed by atoms with van der Waals surface area (Å²) in [7, 11) is -3.66. The van der Waals surface area contributed by atoms with Gasteiger partial charge in [0.05, 0.1) is 11.6 Å². The summed E-state index contributed by atoms with van der Waals surface area (Å²) < 4.78 is 40.6. The quantitative estimate of drug-likeness (QED) is 0.690. The van der Waals surface area contributed by atoms with Crippen LogP contribution in [0.3, 0.4) is 0 Å². The van der Waals surface area contributed by atoms with Crippen LogP contribution in [0.1, 0.15) is 49.7 Å². The standard InChI is InChI=1S/C22H29FN2O2S/c1-3-13-25-14-12-20(16-25)19-4-8-21(9-5-19)24-28(26,27)22-10-6-18(7-11-22)17(2)15-23/h4-11,17,20,24H,3,12-16H2,1-2H3. The molecule has 6 heteroatoms. The lowest BCUT2D eigenvalue weighted by Gasteiger charge is -2.15. The summed E-state index contributed by atoms with van der Waals surface area (Å²) in [6, 6.07) is 14.1. The van der Waals surface area contributed by atoms with Crippen molar-refractivity contribution in [2.24, 2.45) is 0 Å². The highest BCUT2D eigenvalue weighted by Gasteiger charge is 2.23. The van der Waals surface area contributed by atoms with Crippen LogP contribution < -0.4 is 4.72 Å². The van der Waals surface area contributed by atoms with Gasteiger partial charge in [-0.1, -0.05) is 38.1 Å². The minimum Gasteiger partial charge on any atom is -0.303 e. The number of hydrogen-bond donors (Lipinski definition) is 1. The average molecular weight is 405 g/mol. The van der Waals surface area contributed by atoms with E-state index in [0.29, 0.717) is 11.6 Å². The molecule has 3 rings (SSSR count). The van der Waals surface area contributed by atoms with Gasteiger partial charge in [-0.3, -0.25) is 9.11 Å². The summed E-state index contributed by atoms with van der Waals surface area (Å²) in [5.74, 6) is 0.281. The second-order valence-corrected chi connectivity index (χ2v) is 9.32. The monoisotopic (exact) mass is 404 g/mol. The van der Waals surface area contributed by atoms with E-state index < -0.39 is 16.7 Å². The van der Waals surface area contributed by atoms with E-state index >= 15 is 0 Å². The van der Waals surface area contributed by atoms with Crippen molar-refractivity contribution in [2.45, 2.75) is 43.4 Å². The van der Waals surface area contributed by atoms with Gasteiger partial charge in [0.25, 0.3) is 10.0 Å². The van der Waals surface area contributed by atoms with E-state index in [1.54, 1.807) is 19.1 Å². The van der Waals surface area contributed by atoms with Crippen molar-refractivity contribution in [3.05, 3.63) is 59.7 Å². The molecule has 0 bridgehead atoms. The molecular weight excluding hydrogens is 375 g/mol. The van der Waals surface area contributed by atoms with Gasteiger partial charge in [-0.15, -0.1) is 0 Å². The molecule has 2 aromatic carbocycles. The van der Waals surface area contributed by atoms with Crippen LogP contribution in [-0.2, 0) is 10.0 Å². The Labute approximate surface area is 167 Å². The third-order valence-electron chi connectivity index (χ3n) is 5.44. The molecule has 4 nitrogen and oxygen atoms in total. The highest BCUT2D eigenvalue weighted by atomic mass is 32.2. The first-order chi connectivity index (χ1) is 13.4. The number of nitrogens with zero attached hydrogens (tertiary/aromatic N) is 1. The largest absolute Gasteiger partial charge is 0.303 e. The van der Waals surface area contributed by atoms with Crippen molar-refractivity contribution in [3.8, 4) is 0 Å². The van der Waals surface area contributed by atoms with Gasteiger partial charge in [0.2, 0.25) is 0 Å². The van der Waals surface area contributed by atoms with Gasteiger partial charge in [0, 0.05) is 18.2 Å². The Bertz CT molecular complexity index is 866. The lowest BCUT2D eigenvalue weighted by molar-refractivity contribution is 0.335. The Morgan fingerprint density at radius 3 is 2.43 bits per heavy atom. The number of benzene rings is 2. The molecular formula is C22H29FN2O2S. The van der Waals surface area contributed by atoms with Crippen molar-refractivity contribution in [1.29, 1.82) is 0 Å². The smallest absolute Gasteiger partial charge is 0.261 e. The van der Waals surface area contributed by atoms with Crippen LogP contribution in [0.4, 0.5) is 10.1 Å². The van der Waals surface area contributed by atoms with Crippen LogP contribution >= 0.6 is 0 Å². The summed E-state index contributed by atoms with van der Waals surface area (Å²) in [6.45, 7) is 6.84. The SMILES string of the molecule is CCCN1CCC(c2ccc(NS(=O)(=O)c3ccc(C(C)CF)cc3)cc2)C1. The summed E-state index contributed by atoms with van der Waals surface area (Å²) in [5, 5.41) is 0. The fourth-order valence-electron chi connectivity index (χ4n) is 3.73. The number of nitrogens with one attached hydrogen (secondary N) is 1. The van der Waals surface area contributed by atoms with Crippen molar-refractivity contribution in [1.82, 2.24) is 4.90 Å². The molecule has 1 heterocycles. The first kappa shape index (κ1) is 20.8. The van der Waals surface area contributed by atoms with Crippen molar-refractivity contribution < 1.29 is 12.8 Å². The maximum Gasteiger partial charge on any atom is 0.261 e. The Morgan fingerprint density at radius 1 is 1.14 bits per heavy atom. The summed E-state index contributed by atoms with van der Waals surface area (Å²) in [6.07, 6.45) is 2.32. The molecule has 1 fully saturated rings. The van der Waals surface area contributed by atoms with E-state index in [1.165, 1.54) is 24.1 Å². The fourth-order valence-corrected chi connectivity index (χ4v) is 4.78. The van der Waals surface area contributed by atoms with Gasteiger partial charge in [-0.2, -0.15) is 0 Å². The molecule has 1 aliphatic heterocycles. The molecule has 28 heavy (non-hydrogen) atoms. The normalized spacial score (nSPS) is 18.9. The molecule has 1 aliphatic rings. The first-order valence-corrected chi connectivity index (χ1v) is 11.4. The van der Waals surface area contributed by atoms with Crippen LogP contribution in [0.15, 0.2) is 53.4 Å². The molecule has 2 unspecified atom stereocenters. The maximum absolute atomic E-state index is 12.8. The van der Waals surface area contributed by atoms with E-state index in [0.717, 1.165) is 31.6 Å². The van der Waals surface area contributed by atoms with Crippen LogP contribution in [0.5, 0.6) is 0 Å². The zero-order valence-electron chi connectivity index (χ0n) is 16.6. The van der Waals surface area contributed by atoms with Gasteiger partial charge in [-0.05, 0) is 67.2 Å².